The molecule has 7 nitrogen and oxygen atoms in total. The SMILES string of the molecule is CN(C)[C@@H]1CN(C(=O)Cc2cc3ccccc3o2)C[C@@H]1n1ccnn1. The second-order valence-corrected chi connectivity index (χ2v) is 6.71. The third kappa shape index (κ3) is 3.02. The number of likely N-dealkylation sites (N-methyl/N-ethyl adjacent to an activating group) is 1. The second-order valence-electron chi connectivity index (χ2n) is 6.71. The summed E-state index contributed by atoms with van der Waals surface area (Å²) >= 11 is 0. The standard InChI is InChI=1S/C18H21N5O2/c1-21(2)15-11-22(12-16(15)23-8-7-19-20-23)18(24)10-14-9-13-5-3-4-6-17(13)25-14/h3-9,15-16H,10-12H2,1-2H3/t15-,16+/m1/s1. The van der Waals surface area contributed by atoms with Gasteiger partial charge in [-0.05, 0) is 26.2 Å². The molecule has 2 aromatic heterocycles. The molecule has 25 heavy (non-hydrogen) atoms. The highest BCUT2D eigenvalue weighted by Crippen LogP contribution is 2.26. The van der Waals surface area contributed by atoms with Crippen LogP contribution in [0.1, 0.15) is 11.8 Å². The van der Waals surface area contributed by atoms with Gasteiger partial charge in [-0.25, -0.2) is 4.68 Å². The van der Waals surface area contributed by atoms with Crippen molar-refractivity contribution < 1.29 is 9.21 Å². The first-order valence-corrected chi connectivity index (χ1v) is 8.39. The fraction of sp³-hybridized carbons (Fsp3) is 0.389. The molecule has 0 unspecified atom stereocenters. The highest BCUT2D eigenvalue weighted by atomic mass is 16.3. The molecule has 1 fully saturated rings. The number of benzene rings is 1. The molecule has 1 saturated heterocycles. The zero-order valence-electron chi connectivity index (χ0n) is 14.4. The molecule has 0 N–H and O–H groups in total. The number of furan rings is 1. The van der Waals surface area contributed by atoms with Crippen LogP contribution < -0.4 is 0 Å². The summed E-state index contributed by atoms with van der Waals surface area (Å²) in [6, 6.07) is 10.1. The predicted molar refractivity (Wildman–Crippen MR) is 93.0 cm³/mol. The van der Waals surface area contributed by atoms with E-state index in [4.69, 9.17) is 4.42 Å². The van der Waals surface area contributed by atoms with Crippen molar-refractivity contribution in [3.05, 3.63) is 48.5 Å². The van der Waals surface area contributed by atoms with Gasteiger partial charge in [0.15, 0.2) is 0 Å². The fourth-order valence-corrected chi connectivity index (χ4v) is 3.52. The Balaban J connectivity index is 1.50. The molecule has 3 aromatic rings. The normalized spacial score (nSPS) is 20.7. The summed E-state index contributed by atoms with van der Waals surface area (Å²) in [5.41, 5.74) is 0.818. The van der Waals surface area contributed by atoms with Gasteiger partial charge < -0.3 is 14.2 Å². The molecule has 7 heteroatoms. The van der Waals surface area contributed by atoms with Gasteiger partial charge in [-0.15, -0.1) is 5.10 Å². The smallest absolute Gasteiger partial charge is 0.230 e. The number of fused-ring (bicyclic) bond motifs is 1. The Kier molecular flexibility index (Phi) is 4.01. The maximum atomic E-state index is 12.8. The van der Waals surface area contributed by atoms with E-state index >= 15 is 0 Å². The number of nitrogens with zero attached hydrogens (tertiary/aromatic N) is 5. The van der Waals surface area contributed by atoms with Crippen LogP contribution in [0.4, 0.5) is 0 Å². The third-order valence-corrected chi connectivity index (χ3v) is 4.86. The van der Waals surface area contributed by atoms with E-state index in [-0.39, 0.29) is 24.4 Å². The van der Waals surface area contributed by atoms with Crippen molar-refractivity contribution in [1.29, 1.82) is 0 Å². The molecule has 0 aliphatic carbocycles. The molecule has 1 aromatic carbocycles. The van der Waals surface area contributed by atoms with Gasteiger partial charge in [-0.2, -0.15) is 0 Å². The van der Waals surface area contributed by atoms with Crippen LogP contribution in [0.5, 0.6) is 0 Å². The van der Waals surface area contributed by atoms with Crippen LogP contribution in [0.2, 0.25) is 0 Å². The molecule has 0 radical (unpaired) electrons. The Hall–Kier alpha value is -2.67. The number of aromatic nitrogens is 3. The summed E-state index contributed by atoms with van der Waals surface area (Å²) in [7, 11) is 4.06. The predicted octanol–water partition coefficient (Wildman–Crippen LogP) is 1.58. The zero-order valence-corrected chi connectivity index (χ0v) is 14.4. The Bertz CT molecular complexity index is 838. The van der Waals surface area contributed by atoms with E-state index in [1.54, 1.807) is 6.20 Å². The van der Waals surface area contributed by atoms with E-state index in [2.05, 4.69) is 15.2 Å². The average Bonchev–Trinajstić information content (AvgIpc) is 3.32. The van der Waals surface area contributed by atoms with Gasteiger partial charge in [0.1, 0.15) is 11.3 Å². The van der Waals surface area contributed by atoms with E-state index in [0.29, 0.717) is 18.8 Å². The minimum Gasteiger partial charge on any atom is -0.461 e. The number of hydrogen-bond acceptors (Lipinski definition) is 5. The van der Waals surface area contributed by atoms with Gasteiger partial charge in [0.05, 0.1) is 24.7 Å². The van der Waals surface area contributed by atoms with Crippen molar-refractivity contribution in [1.82, 2.24) is 24.8 Å². The first-order valence-electron chi connectivity index (χ1n) is 8.39. The average molecular weight is 339 g/mol. The van der Waals surface area contributed by atoms with Crippen molar-refractivity contribution in [3.8, 4) is 0 Å². The molecule has 4 rings (SSSR count). The van der Waals surface area contributed by atoms with Crippen LogP contribution >= 0.6 is 0 Å². The van der Waals surface area contributed by atoms with E-state index in [0.717, 1.165) is 11.0 Å². The number of carbonyl (C=O) groups is 1. The maximum absolute atomic E-state index is 12.8. The third-order valence-electron chi connectivity index (χ3n) is 4.86. The summed E-state index contributed by atoms with van der Waals surface area (Å²) < 4.78 is 7.63. The lowest BCUT2D eigenvalue weighted by Gasteiger charge is -2.24. The van der Waals surface area contributed by atoms with Crippen molar-refractivity contribution in [2.24, 2.45) is 0 Å². The topological polar surface area (TPSA) is 67.4 Å². The van der Waals surface area contributed by atoms with Gasteiger partial charge in [-0.3, -0.25) is 4.79 Å². The summed E-state index contributed by atoms with van der Waals surface area (Å²) in [4.78, 5) is 16.8. The highest BCUT2D eigenvalue weighted by molar-refractivity contribution is 5.82. The van der Waals surface area contributed by atoms with Crippen LogP contribution in [-0.2, 0) is 11.2 Å². The van der Waals surface area contributed by atoms with Crippen LogP contribution in [0.25, 0.3) is 11.0 Å². The minimum atomic E-state index is 0.0773. The number of para-hydroxylation sites is 1. The molecule has 1 aliphatic rings. The van der Waals surface area contributed by atoms with E-state index in [1.807, 2.05) is 60.2 Å². The Morgan fingerprint density at radius 2 is 2.16 bits per heavy atom. The lowest BCUT2D eigenvalue weighted by Crippen LogP contribution is -2.37. The van der Waals surface area contributed by atoms with Gasteiger partial charge in [0.25, 0.3) is 0 Å². The van der Waals surface area contributed by atoms with Crippen molar-refractivity contribution in [2.45, 2.75) is 18.5 Å². The number of carbonyl (C=O) groups excluding carboxylic acids is 1. The van der Waals surface area contributed by atoms with Gasteiger partial charge in [0, 0.05) is 24.7 Å². The largest absolute Gasteiger partial charge is 0.461 e. The molecular weight excluding hydrogens is 318 g/mol. The van der Waals surface area contributed by atoms with E-state index < -0.39 is 0 Å². The molecular formula is C18H21N5O2. The van der Waals surface area contributed by atoms with Gasteiger partial charge >= 0.3 is 0 Å². The lowest BCUT2D eigenvalue weighted by molar-refractivity contribution is -0.129. The highest BCUT2D eigenvalue weighted by Gasteiger charge is 2.38. The maximum Gasteiger partial charge on any atom is 0.230 e. The van der Waals surface area contributed by atoms with Crippen molar-refractivity contribution >= 4 is 16.9 Å². The number of likely N-dealkylation sites (tertiary alicyclic amines) is 1. The van der Waals surface area contributed by atoms with Crippen LogP contribution in [0.3, 0.4) is 0 Å². The fourth-order valence-electron chi connectivity index (χ4n) is 3.52. The first-order chi connectivity index (χ1) is 12.1. The minimum absolute atomic E-state index is 0.0773. The summed E-state index contributed by atoms with van der Waals surface area (Å²) in [5.74, 6) is 0.783. The Labute approximate surface area is 145 Å². The Morgan fingerprint density at radius 3 is 2.88 bits per heavy atom. The lowest BCUT2D eigenvalue weighted by atomic mass is 10.1. The molecule has 130 valence electrons. The zero-order chi connectivity index (χ0) is 17.4. The molecule has 0 saturated carbocycles. The van der Waals surface area contributed by atoms with Crippen molar-refractivity contribution in [3.63, 3.8) is 0 Å². The van der Waals surface area contributed by atoms with Crippen LogP contribution in [-0.4, -0.2) is 63.9 Å². The van der Waals surface area contributed by atoms with Crippen LogP contribution in [0, 0.1) is 0 Å². The molecule has 2 atom stereocenters. The summed E-state index contributed by atoms with van der Waals surface area (Å²) in [5, 5.41) is 9.05. The molecule has 1 amide bonds. The number of amides is 1. The second kappa shape index (κ2) is 6.33. The van der Waals surface area contributed by atoms with Gasteiger partial charge in [0.2, 0.25) is 5.91 Å². The first kappa shape index (κ1) is 15.8. The van der Waals surface area contributed by atoms with E-state index in [1.165, 1.54) is 0 Å². The van der Waals surface area contributed by atoms with E-state index in [9.17, 15) is 4.79 Å². The molecule has 0 bridgehead atoms. The molecule has 1 aliphatic heterocycles. The number of rotatable bonds is 4. The molecule has 0 spiro atoms. The number of hydrogen-bond donors (Lipinski definition) is 0. The van der Waals surface area contributed by atoms with Crippen LogP contribution in [0.15, 0.2) is 47.1 Å². The Morgan fingerprint density at radius 1 is 1.32 bits per heavy atom. The van der Waals surface area contributed by atoms with Crippen molar-refractivity contribution in [2.75, 3.05) is 27.2 Å². The molecule has 3 heterocycles. The van der Waals surface area contributed by atoms with Gasteiger partial charge in [-0.1, -0.05) is 23.4 Å². The monoisotopic (exact) mass is 339 g/mol. The quantitative estimate of drug-likeness (QED) is 0.722. The summed E-state index contributed by atoms with van der Waals surface area (Å²) in [6.45, 7) is 1.31. The summed E-state index contributed by atoms with van der Waals surface area (Å²) in [6.07, 6.45) is 3.80.